The van der Waals surface area contributed by atoms with Gasteiger partial charge in [0.2, 0.25) is 0 Å². The Morgan fingerprint density at radius 3 is 2.83 bits per heavy atom. The van der Waals surface area contributed by atoms with E-state index in [4.69, 9.17) is 5.26 Å². The second-order valence-corrected chi connectivity index (χ2v) is 3.14. The van der Waals surface area contributed by atoms with E-state index < -0.39 is 5.91 Å². The van der Waals surface area contributed by atoms with E-state index in [1.54, 1.807) is 0 Å². The van der Waals surface area contributed by atoms with Gasteiger partial charge >= 0.3 is 0 Å². The molecule has 0 spiro atoms. The predicted octanol–water partition coefficient (Wildman–Crippen LogP) is 2.24. The van der Waals surface area contributed by atoms with E-state index in [0.717, 1.165) is 6.08 Å². The second kappa shape index (κ2) is 6.76. The van der Waals surface area contributed by atoms with Gasteiger partial charge in [0.15, 0.2) is 0 Å². The van der Waals surface area contributed by atoms with Crippen LogP contribution in [0.25, 0.3) is 0 Å². The molecule has 5 heteroatoms. The zero-order valence-corrected chi connectivity index (χ0v) is 9.43. The van der Waals surface area contributed by atoms with Crippen LogP contribution in [-0.4, -0.2) is 10.9 Å². The smallest absolute Gasteiger partial charge is 0.274 e. The summed E-state index contributed by atoms with van der Waals surface area (Å²) in [6.07, 6.45) is 5.50. The van der Waals surface area contributed by atoms with Gasteiger partial charge in [-0.05, 0) is 30.4 Å². The van der Waals surface area contributed by atoms with Gasteiger partial charge in [0.25, 0.3) is 5.91 Å². The average Bonchev–Trinajstić information content (AvgIpc) is 2.43. The van der Waals surface area contributed by atoms with Crippen molar-refractivity contribution in [1.82, 2.24) is 10.3 Å². The monoisotopic (exact) mass is 243 g/mol. The number of nitriles is 1. The molecular weight excluding hydrogens is 233 g/mol. The third-order valence-corrected chi connectivity index (χ3v) is 1.95. The van der Waals surface area contributed by atoms with Crippen molar-refractivity contribution in [2.45, 2.75) is 0 Å². The number of nitrogens with zero attached hydrogens (tertiary/aromatic N) is 2. The van der Waals surface area contributed by atoms with Crippen LogP contribution in [0.1, 0.15) is 16.1 Å². The molecule has 0 fully saturated rings. The number of pyridine rings is 1. The van der Waals surface area contributed by atoms with Gasteiger partial charge in [0, 0.05) is 11.9 Å². The highest BCUT2D eigenvalue weighted by molar-refractivity contribution is 5.93. The standard InChI is InChI=1S/C13H10FN3O/c1-2-11(4-3-7-14)17-13(18)12-6-5-10(8-15)9-16-12/h2-7,9H,1H2,(H,17,18)/b7-3+,11-4+. The minimum Gasteiger partial charge on any atom is -0.321 e. The van der Waals surface area contributed by atoms with Crippen LogP contribution in [-0.2, 0) is 0 Å². The first-order chi connectivity index (χ1) is 8.71. The van der Waals surface area contributed by atoms with Gasteiger partial charge in [0.05, 0.1) is 11.9 Å². The lowest BCUT2D eigenvalue weighted by Gasteiger charge is -2.04. The van der Waals surface area contributed by atoms with Crippen LogP contribution in [0.4, 0.5) is 4.39 Å². The van der Waals surface area contributed by atoms with E-state index >= 15 is 0 Å². The first-order valence-corrected chi connectivity index (χ1v) is 4.98. The minimum absolute atomic E-state index is 0.158. The Kier molecular flexibility index (Phi) is 5.00. The number of hydrogen-bond acceptors (Lipinski definition) is 3. The minimum atomic E-state index is -0.460. The first-order valence-electron chi connectivity index (χ1n) is 4.98. The quantitative estimate of drug-likeness (QED) is 0.824. The molecular formula is C13H10FN3O. The number of allylic oxidation sites excluding steroid dienone is 3. The van der Waals surface area contributed by atoms with Crippen molar-refractivity contribution in [3.63, 3.8) is 0 Å². The molecule has 0 atom stereocenters. The van der Waals surface area contributed by atoms with Crippen molar-refractivity contribution >= 4 is 5.91 Å². The lowest BCUT2D eigenvalue weighted by Crippen LogP contribution is -2.22. The van der Waals surface area contributed by atoms with Crippen molar-refractivity contribution in [1.29, 1.82) is 5.26 Å². The number of halogens is 1. The van der Waals surface area contributed by atoms with Crippen LogP contribution >= 0.6 is 0 Å². The Morgan fingerprint density at radius 2 is 2.33 bits per heavy atom. The summed E-state index contributed by atoms with van der Waals surface area (Å²) in [7, 11) is 0. The highest BCUT2D eigenvalue weighted by Crippen LogP contribution is 2.01. The number of carbonyl (C=O) groups excluding carboxylic acids is 1. The van der Waals surface area contributed by atoms with Crippen molar-refractivity contribution in [2.75, 3.05) is 0 Å². The molecule has 1 aromatic rings. The third kappa shape index (κ3) is 3.68. The molecule has 0 saturated carbocycles. The zero-order valence-electron chi connectivity index (χ0n) is 9.43. The van der Waals surface area contributed by atoms with E-state index in [1.807, 2.05) is 6.07 Å². The molecule has 1 N–H and O–H groups in total. The number of carbonyl (C=O) groups is 1. The van der Waals surface area contributed by atoms with Gasteiger partial charge in [-0.25, -0.2) is 9.37 Å². The molecule has 0 aliphatic heterocycles. The van der Waals surface area contributed by atoms with E-state index in [9.17, 15) is 9.18 Å². The number of hydrogen-bond donors (Lipinski definition) is 1. The third-order valence-electron chi connectivity index (χ3n) is 1.95. The average molecular weight is 243 g/mol. The Morgan fingerprint density at radius 1 is 1.56 bits per heavy atom. The van der Waals surface area contributed by atoms with Crippen molar-refractivity contribution < 1.29 is 9.18 Å². The molecule has 0 aliphatic rings. The summed E-state index contributed by atoms with van der Waals surface area (Å²) in [6.45, 7) is 3.49. The molecule has 0 saturated heterocycles. The Balaban J connectivity index is 2.81. The summed E-state index contributed by atoms with van der Waals surface area (Å²) in [4.78, 5) is 15.5. The van der Waals surface area contributed by atoms with Crippen LogP contribution in [0.2, 0.25) is 0 Å². The van der Waals surface area contributed by atoms with E-state index in [-0.39, 0.29) is 5.69 Å². The Bertz CT molecular complexity index is 538. The second-order valence-electron chi connectivity index (χ2n) is 3.14. The number of rotatable bonds is 4. The first kappa shape index (κ1) is 13.3. The molecule has 90 valence electrons. The molecule has 1 heterocycles. The summed E-state index contributed by atoms with van der Waals surface area (Å²) in [5.74, 6) is -0.460. The molecule has 0 aromatic carbocycles. The Hall–Kier alpha value is -2.74. The van der Waals surface area contributed by atoms with Gasteiger partial charge in [-0.2, -0.15) is 5.26 Å². The molecule has 0 aliphatic carbocycles. The zero-order chi connectivity index (χ0) is 13.4. The lowest BCUT2D eigenvalue weighted by atomic mass is 10.2. The number of nitrogens with one attached hydrogen (secondary N) is 1. The largest absolute Gasteiger partial charge is 0.321 e. The predicted molar refractivity (Wildman–Crippen MR) is 64.9 cm³/mol. The fraction of sp³-hybridized carbons (Fsp3) is 0. The SMILES string of the molecule is C=C/C(=C\C=C\F)NC(=O)c1ccc(C#N)cn1. The topological polar surface area (TPSA) is 65.8 Å². The van der Waals surface area contributed by atoms with Crippen LogP contribution < -0.4 is 5.32 Å². The van der Waals surface area contributed by atoms with Gasteiger partial charge in [-0.3, -0.25) is 4.79 Å². The molecule has 4 nitrogen and oxygen atoms in total. The van der Waals surface area contributed by atoms with Crippen molar-refractivity contribution in [3.05, 3.63) is 66.4 Å². The van der Waals surface area contributed by atoms with Crippen molar-refractivity contribution in [2.24, 2.45) is 0 Å². The fourth-order valence-corrected chi connectivity index (χ4v) is 1.09. The summed E-state index contributed by atoms with van der Waals surface area (Å²) < 4.78 is 11.8. The highest BCUT2D eigenvalue weighted by atomic mass is 19.1. The van der Waals surface area contributed by atoms with E-state index in [0.29, 0.717) is 17.6 Å². The highest BCUT2D eigenvalue weighted by Gasteiger charge is 2.07. The summed E-state index contributed by atoms with van der Waals surface area (Å²) in [6, 6.07) is 4.82. The van der Waals surface area contributed by atoms with Crippen LogP contribution in [0.5, 0.6) is 0 Å². The van der Waals surface area contributed by atoms with Crippen LogP contribution in [0, 0.1) is 11.3 Å². The van der Waals surface area contributed by atoms with Crippen LogP contribution in [0.3, 0.4) is 0 Å². The maximum Gasteiger partial charge on any atom is 0.274 e. The number of aromatic nitrogens is 1. The van der Waals surface area contributed by atoms with Gasteiger partial charge < -0.3 is 5.32 Å². The fourth-order valence-electron chi connectivity index (χ4n) is 1.09. The number of amides is 1. The molecule has 18 heavy (non-hydrogen) atoms. The summed E-state index contributed by atoms with van der Waals surface area (Å²) in [5, 5.41) is 11.1. The maximum atomic E-state index is 11.8. The molecule has 1 amide bonds. The van der Waals surface area contributed by atoms with Gasteiger partial charge in [0.1, 0.15) is 11.8 Å². The van der Waals surface area contributed by atoms with Gasteiger partial charge in [-0.1, -0.05) is 6.58 Å². The Labute approximate surface area is 104 Å². The van der Waals surface area contributed by atoms with Crippen LogP contribution in [0.15, 0.2) is 55.2 Å². The summed E-state index contributed by atoms with van der Waals surface area (Å²) >= 11 is 0. The molecule has 0 unspecified atom stereocenters. The molecule has 0 radical (unpaired) electrons. The van der Waals surface area contributed by atoms with Crippen molar-refractivity contribution in [3.8, 4) is 6.07 Å². The van der Waals surface area contributed by atoms with E-state index in [2.05, 4.69) is 16.9 Å². The molecule has 0 bridgehead atoms. The maximum absolute atomic E-state index is 11.8. The normalized spacial score (nSPS) is 11.0. The van der Waals surface area contributed by atoms with E-state index in [1.165, 1.54) is 30.5 Å². The lowest BCUT2D eigenvalue weighted by molar-refractivity contribution is 0.0962. The molecule has 1 aromatic heterocycles. The summed E-state index contributed by atoms with van der Waals surface area (Å²) in [5.41, 5.74) is 0.873. The van der Waals surface area contributed by atoms with Gasteiger partial charge in [-0.15, -0.1) is 0 Å². The molecule has 1 rings (SSSR count).